The number of aromatic nitrogens is 2. The molecule has 1 rings (SSSR count). The predicted octanol–water partition coefficient (Wildman–Crippen LogP) is 1.10. The number of aromatic amines is 1. The van der Waals surface area contributed by atoms with Crippen molar-refractivity contribution >= 4 is 11.7 Å². The average molecular weight is 177 g/mol. The van der Waals surface area contributed by atoms with Crippen LogP contribution in [0.25, 0.3) is 0 Å². The van der Waals surface area contributed by atoms with Crippen molar-refractivity contribution in [2.24, 2.45) is 0 Å². The summed E-state index contributed by atoms with van der Waals surface area (Å²) in [6, 6.07) is 1.76. The van der Waals surface area contributed by atoms with E-state index in [1.807, 2.05) is 19.8 Å². The fourth-order valence-electron chi connectivity index (χ4n) is 0.849. The quantitative estimate of drug-likeness (QED) is 0.665. The maximum Gasteiger partial charge on any atom is 0.301 e. The number of nitrogens with zero attached hydrogens (tertiary/aromatic N) is 1. The number of amides is 1. The average Bonchev–Trinajstić information content (AvgIpc) is 2.52. The summed E-state index contributed by atoms with van der Waals surface area (Å²) in [5, 5.41) is 9.12. The van der Waals surface area contributed by atoms with Crippen LogP contribution in [0.2, 0.25) is 0 Å². The lowest BCUT2D eigenvalue weighted by atomic mass is 10.1. The first-order chi connectivity index (χ1) is 6.13. The van der Waals surface area contributed by atoms with Crippen LogP contribution in [0, 0.1) is 12.3 Å². The molecule has 4 nitrogen and oxygen atoms in total. The zero-order chi connectivity index (χ0) is 9.84. The number of rotatable bonds is 2. The lowest BCUT2D eigenvalue weighted by Gasteiger charge is -1.96. The highest BCUT2D eigenvalue weighted by molar-refractivity contribution is 6.02. The van der Waals surface area contributed by atoms with Gasteiger partial charge in [0.15, 0.2) is 5.82 Å². The van der Waals surface area contributed by atoms with Crippen LogP contribution in [0.5, 0.6) is 0 Å². The standard InChI is InChI=1S/C9H11N3O/c1-4-9(13)10-8-5-7(6(2)3)11-12-8/h1,5-6H,2-3H3,(H2,10,11,12,13). The molecule has 1 aromatic rings. The van der Waals surface area contributed by atoms with Gasteiger partial charge in [-0.3, -0.25) is 15.2 Å². The number of terminal acetylenes is 1. The second kappa shape index (κ2) is 3.76. The molecule has 0 saturated heterocycles. The van der Waals surface area contributed by atoms with E-state index >= 15 is 0 Å². The van der Waals surface area contributed by atoms with Crippen molar-refractivity contribution in [3.05, 3.63) is 11.8 Å². The van der Waals surface area contributed by atoms with Gasteiger partial charge in [-0.05, 0) is 11.8 Å². The molecule has 0 aliphatic carbocycles. The maximum absolute atomic E-state index is 10.8. The number of carbonyl (C=O) groups excluding carboxylic acids is 1. The van der Waals surface area contributed by atoms with Crippen molar-refractivity contribution in [3.8, 4) is 12.3 Å². The number of carbonyl (C=O) groups is 1. The molecular weight excluding hydrogens is 166 g/mol. The van der Waals surface area contributed by atoms with Crippen LogP contribution in [0.1, 0.15) is 25.5 Å². The van der Waals surface area contributed by atoms with Crippen LogP contribution >= 0.6 is 0 Å². The highest BCUT2D eigenvalue weighted by Crippen LogP contribution is 2.14. The Bertz CT molecular complexity index is 346. The van der Waals surface area contributed by atoms with Crippen molar-refractivity contribution in [2.45, 2.75) is 19.8 Å². The van der Waals surface area contributed by atoms with Crippen molar-refractivity contribution in [2.75, 3.05) is 5.32 Å². The molecule has 0 radical (unpaired) electrons. The summed E-state index contributed by atoms with van der Waals surface area (Å²) in [5.74, 6) is 2.28. The Hall–Kier alpha value is -1.76. The van der Waals surface area contributed by atoms with Crippen LogP contribution in [0.4, 0.5) is 5.82 Å². The highest BCUT2D eigenvalue weighted by Gasteiger charge is 2.05. The fraction of sp³-hybridized carbons (Fsp3) is 0.333. The molecule has 68 valence electrons. The molecule has 0 aromatic carbocycles. The van der Waals surface area contributed by atoms with Crippen LogP contribution in [-0.2, 0) is 4.79 Å². The van der Waals surface area contributed by atoms with Crippen LogP contribution < -0.4 is 5.32 Å². The molecule has 0 atom stereocenters. The van der Waals surface area contributed by atoms with Crippen molar-refractivity contribution in [1.82, 2.24) is 10.2 Å². The Kier molecular flexibility index (Phi) is 2.70. The smallest absolute Gasteiger partial charge is 0.298 e. The first-order valence-electron chi connectivity index (χ1n) is 3.96. The van der Waals surface area contributed by atoms with E-state index in [1.54, 1.807) is 6.07 Å². The Labute approximate surface area is 76.7 Å². The van der Waals surface area contributed by atoms with E-state index in [4.69, 9.17) is 6.42 Å². The maximum atomic E-state index is 10.8. The molecule has 0 unspecified atom stereocenters. The molecule has 1 heterocycles. The minimum absolute atomic E-state index is 0.351. The van der Waals surface area contributed by atoms with Gasteiger partial charge >= 0.3 is 5.91 Å². The Balaban J connectivity index is 2.71. The van der Waals surface area contributed by atoms with Gasteiger partial charge in [0.2, 0.25) is 0 Å². The molecule has 4 heteroatoms. The first-order valence-corrected chi connectivity index (χ1v) is 3.96. The number of hydrogen-bond donors (Lipinski definition) is 2. The molecule has 0 fully saturated rings. The molecule has 0 aliphatic rings. The topological polar surface area (TPSA) is 57.8 Å². The van der Waals surface area contributed by atoms with Crippen molar-refractivity contribution < 1.29 is 4.79 Å². The summed E-state index contributed by atoms with van der Waals surface area (Å²) in [5.41, 5.74) is 0.965. The highest BCUT2D eigenvalue weighted by atomic mass is 16.1. The molecule has 1 amide bonds. The predicted molar refractivity (Wildman–Crippen MR) is 50.1 cm³/mol. The summed E-state index contributed by atoms with van der Waals surface area (Å²) in [4.78, 5) is 10.8. The SMILES string of the molecule is C#CC(=O)Nc1cc(C(C)C)[nH]n1. The molecule has 0 spiro atoms. The fourth-order valence-corrected chi connectivity index (χ4v) is 0.849. The zero-order valence-corrected chi connectivity index (χ0v) is 7.59. The van der Waals surface area contributed by atoms with Crippen molar-refractivity contribution in [1.29, 1.82) is 0 Å². The molecule has 2 N–H and O–H groups in total. The van der Waals surface area contributed by atoms with Gasteiger partial charge in [0.05, 0.1) is 0 Å². The van der Waals surface area contributed by atoms with Gasteiger partial charge in [-0.2, -0.15) is 5.10 Å². The summed E-state index contributed by atoms with van der Waals surface area (Å²) < 4.78 is 0. The Morgan fingerprint density at radius 1 is 1.77 bits per heavy atom. The normalized spacial score (nSPS) is 9.69. The molecule has 0 saturated carbocycles. The van der Waals surface area contributed by atoms with E-state index in [0.717, 1.165) is 5.69 Å². The number of anilines is 1. The lowest BCUT2D eigenvalue weighted by molar-refractivity contribution is -0.111. The summed E-state index contributed by atoms with van der Waals surface area (Å²) >= 11 is 0. The lowest BCUT2D eigenvalue weighted by Crippen LogP contribution is -2.07. The van der Waals surface area contributed by atoms with Gasteiger partial charge in [0.25, 0.3) is 0 Å². The van der Waals surface area contributed by atoms with Gasteiger partial charge in [-0.15, -0.1) is 6.42 Å². The van der Waals surface area contributed by atoms with Gasteiger partial charge in [-0.25, -0.2) is 0 Å². The van der Waals surface area contributed by atoms with E-state index in [1.165, 1.54) is 0 Å². The molecular formula is C9H11N3O. The van der Waals surface area contributed by atoms with Gasteiger partial charge in [0.1, 0.15) is 0 Å². The van der Waals surface area contributed by atoms with Crippen molar-refractivity contribution in [3.63, 3.8) is 0 Å². The third kappa shape index (κ3) is 2.34. The monoisotopic (exact) mass is 177 g/mol. The zero-order valence-electron chi connectivity index (χ0n) is 7.59. The minimum Gasteiger partial charge on any atom is -0.298 e. The van der Waals surface area contributed by atoms with E-state index < -0.39 is 5.91 Å². The number of nitrogens with one attached hydrogen (secondary N) is 2. The molecule has 0 aliphatic heterocycles. The molecule has 13 heavy (non-hydrogen) atoms. The summed E-state index contributed by atoms with van der Waals surface area (Å²) in [6.45, 7) is 4.06. The third-order valence-corrected chi connectivity index (χ3v) is 1.59. The molecule has 0 bridgehead atoms. The van der Waals surface area contributed by atoms with E-state index in [-0.39, 0.29) is 0 Å². The first kappa shape index (κ1) is 9.33. The summed E-state index contributed by atoms with van der Waals surface area (Å²) in [6.07, 6.45) is 4.89. The van der Waals surface area contributed by atoms with Crippen LogP contribution in [0.15, 0.2) is 6.07 Å². The van der Waals surface area contributed by atoms with Crippen LogP contribution in [-0.4, -0.2) is 16.1 Å². The van der Waals surface area contributed by atoms with E-state index in [9.17, 15) is 4.79 Å². The minimum atomic E-state index is -0.484. The largest absolute Gasteiger partial charge is 0.301 e. The number of H-pyrrole nitrogens is 1. The Morgan fingerprint density at radius 2 is 2.46 bits per heavy atom. The summed E-state index contributed by atoms with van der Waals surface area (Å²) in [7, 11) is 0. The second-order valence-electron chi connectivity index (χ2n) is 2.96. The van der Waals surface area contributed by atoms with E-state index in [0.29, 0.717) is 11.7 Å². The van der Waals surface area contributed by atoms with Gasteiger partial charge in [-0.1, -0.05) is 13.8 Å². The van der Waals surface area contributed by atoms with Gasteiger partial charge < -0.3 is 0 Å². The van der Waals surface area contributed by atoms with Gasteiger partial charge in [0, 0.05) is 11.8 Å². The molecule has 1 aromatic heterocycles. The van der Waals surface area contributed by atoms with E-state index in [2.05, 4.69) is 15.5 Å². The Morgan fingerprint density at radius 3 is 2.92 bits per heavy atom. The van der Waals surface area contributed by atoms with Crippen LogP contribution in [0.3, 0.4) is 0 Å². The second-order valence-corrected chi connectivity index (χ2v) is 2.96. The third-order valence-electron chi connectivity index (χ3n) is 1.59. The number of hydrogen-bond acceptors (Lipinski definition) is 2.